The third-order valence-electron chi connectivity index (χ3n) is 2.90. The number of carbonyl (C=O) groups is 1. The largest absolute Gasteiger partial charge is 0.444 e. The van der Waals surface area contributed by atoms with E-state index < -0.39 is 5.60 Å². The maximum Gasteiger partial charge on any atom is 0.410 e. The minimum absolute atomic E-state index is 0.260. The second-order valence-electron chi connectivity index (χ2n) is 5.94. The van der Waals surface area contributed by atoms with Gasteiger partial charge in [0.15, 0.2) is 0 Å². The van der Waals surface area contributed by atoms with Crippen LogP contribution in [0.15, 0.2) is 4.99 Å². The lowest BCUT2D eigenvalue weighted by Gasteiger charge is -2.31. The Balaban J connectivity index is 2.53. The molecule has 1 N–H and O–H groups in total. The molecule has 1 aliphatic heterocycles. The minimum atomic E-state index is -0.454. The predicted octanol–water partition coefficient (Wildman–Crippen LogP) is 2.37. The predicted molar refractivity (Wildman–Crippen MR) is 85.7 cm³/mol. The van der Waals surface area contributed by atoms with Gasteiger partial charge in [0.1, 0.15) is 11.4 Å². The van der Waals surface area contributed by atoms with E-state index in [-0.39, 0.29) is 6.09 Å². The summed E-state index contributed by atoms with van der Waals surface area (Å²) in [6, 6.07) is 0.405. The molecule has 1 atom stereocenters. The van der Waals surface area contributed by atoms with Crippen LogP contribution < -0.4 is 5.32 Å². The van der Waals surface area contributed by atoms with Crippen molar-refractivity contribution in [2.24, 2.45) is 4.99 Å². The summed E-state index contributed by atoms with van der Waals surface area (Å²) < 4.78 is 5.40. The fraction of sp³-hybridized carbons (Fsp3) is 0.857. The van der Waals surface area contributed by atoms with Crippen LogP contribution in [0, 0.1) is 0 Å². The van der Waals surface area contributed by atoms with Crippen LogP contribution in [0.4, 0.5) is 4.79 Å². The Morgan fingerprint density at radius 2 is 2.25 bits per heavy atom. The van der Waals surface area contributed by atoms with Gasteiger partial charge in [-0.15, -0.1) is 0 Å². The molecule has 1 unspecified atom stereocenters. The van der Waals surface area contributed by atoms with Gasteiger partial charge in [-0.25, -0.2) is 4.79 Å². The third kappa shape index (κ3) is 6.03. The topological polar surface area (TPSA) is 53.9 Å². The molecule has 0 aromatic heterocycles. The first-order valence-electron chi connectivity index (χ1n) is 7.12. The standard InChI is InChI=1S/C14H27N3O2S/c1-6-11(10-20-5)16-12-9-17(8-7-15-12)13(18)19-14(2,3)4/h11H,6-10H2,1-5H3,(H,15,16). The van der Waals surface area contributed by atoms with Crippen molar-refractivity contribution >= 4 is 23.7 Å². The van der Waals surface area contributed by atoms with Crippen LogP contribution in [-0.4, -0.2) is 60.1 Å². The van der Waals surface area contributed by atoms with E-state index in [0.717, 1.165) is 18.0 Å². The van der Waals surface area contributed by atoms with Crippen LogP contribution in [0.25, 0.3) is 0 Å². The van der Waals surface area contributed by atoms with Crippen LogP contribution in [0.3, 0.4) is 0 Å². The molecule has 0 aromatic rings. The molecule has 1 heterocycles. The second-order valence-corrected chi connectivity index (χ2v) is 6.85. The average molecular weight is 301 g/mol. The Morgan fingerprint density at radius 1 is 1.55 bits per heavy atom. The number of hydrogen-bond acceptors (Lipinski definition) is 5. The molecule has 0 bridgehead atoms. The summed E-state index contributed by atoms with van der Waals surface area (Å²) in [5.74, 6) is 1.94. The Hall–Kier alpha value is -0.910. The van der Waals surface area contributed by atoms with Crippen molar-refractivity contribution in [2.45, 2.75) is 45.8 Å². The second kappa shape index (κ2) is 7.76. The fourth-order valence-electron chi connectivity index (χ4n) is 1.89. The zero-order valence-corrected chi connectivity index (χ0v) is 14.0. The molecule has 116 valence electrons. The van der Waals surface area contributed by atoms with Gasteiger partial charge in [0.05, 0.1) is 13.1 Å². The number of ether oxygens (including phenoxy) is 1. The maximum atomic E-state index is 12.1. The van der Waals surface area contributed by atoms with E-state index in [4.69, 9.17) is 4.74 Å². The summed E-state index contributed by atoms with van der Waals surface area (Å²) in [7, 11) is 0. The third-order valence-corrected chi connectivity index (χ3v) is 3.63. The zero-order valence-electron chi connectivity index (χ0n) is 13.2. The summed E-state index contributed by atoms with van der Waals surface area (Å²) in [6.07, 6.45) is 2.89. The molecule has 1 rings (SSSR count). The van der Waals surface area contributed by atoms with Crippen molar-refractivity contribution in [2.75, 3.05) is 31.6 Å². The monoisotopic (exact) mass is 301 g/mol. The molecule has 0 aliphatic carbocycles. The van der Waals surface area contributed by atoms with Gasteiger partial charge in [0.2, 0.25) is 0 Å². The van der Waals surface area contributed by atoms with Gasteiger partial charge in [0.25, 0.3) is 0 Å². The smallest absolute Gasteiger partial charge is 0.410 e. The number of amides is 1. The average Bonchev–Trinajstić information content (AvgIpc) is 2.36. The van der Waals surface area contributed by atoms with Crippen molar-refractivity contribution in [3.05, 3.63) is 0 Å². The molecule has 0 radical (unpaired) electrons. The highest BCUT2D eigenvalue weighted by atomic mass is 32.2. The summed E-state index contributed by atoms with van der Waals surface area (Å²) in [5.41, 5.74) is -0.454. The molecule has 1 amide bonds. The normalized spacial score (nSPS) is 17.4. The van der Waals surface area contributed by atoms with E-state index >= 15 is 0 Å². The van der Waals surface area contributed by atoms with Gasteiger partial charge >= 0.3 is 6.09 Å². The molecule has 0 aromatic carbocycles. The number of nitrogens with one attached hydrogen (secondary N) is 1. The Kier molecular flexibility index (Phi) is 6.65. The van der Waals surface area contributed by atoms with E-state index in [1.165, 1.54) is 0 Å². The van der Waals surface area contributed by atoms with Gasteiger partial charge in [-0.3, -0.25) is 9.89 Å². The van der Waals surface area contributed by atoms with Gasteiger partial charge < -0.3 is 10.1 Å². The van der Waals surface area contributed by atoms with Crippen LogP contribution in [0.5, 0.6) is 0 Å². The van der Waals surface area contributed by atoms with Crippen molar-refractivity contribution in [1.29, 1.82) is 0 Å². The number of carbonyl (C=O) groups excluding carboxylic acids is 1. The summed E-state index contributed by atoms with van der Waals surface area (Å²) in [5, 5.41) is 3.43. The van der Waals surface area contributed by atoms with E-state index in [2.05, 4.69) is 23.5 Å². The van der Waals surface area contributed by atoms with E-state index in [9.17, 15) is 4.79 Å². The number of thioether (sulfide) groups is 1. The lowest BCUT2D eigenvalue weighted by Crippen LogP contribution is -2.49. The highest BCUT2D eigenvalue weighted by Crippen LogP contribution is 2.11. The number of amidine groups is 1. The van der Waals surface area contributed by atoms with Crippen molar-refractivity contribution < 1.29 is 9.53 Å². The molecule has 0 saturated carbocycles. The number of hydrogen-bond donors (Lipinski definition) is 1. The number of rotatable bonds is 4. The number of aliphatic imine (C=N–C) groups is 1. The van der Waals surface area contributed by atoms with Crippen molar-refractivity contribution in [1.82, 2.24) is 10.2 Å². The Bertz CT molecular complexity index is 353. The van der Waals surface area contributed by atoms with Crippen LogP contribution >= 0.6 is 11.8 Å². The molecule has 0 saturated heterocycles. The Labute approximate surface area is 126 Å². The van der Waals surface area contributed by atoms with Gasteiger partial charge in [0, 0.05) is 18.3 Å². The minimum Gasteiger partial charge on any atom is -0.444 e. The first kappa shape index (κ1) is 17.1. The van der Waals surface area contributed by atoms with Crippen LogP contribution in [0.2, 0.25) is 0 Å². The molecule has 20 heavy (non-hydrogen) atoms. The van der Waals surface area contributed by atoms with Crippen LogP contribution in [-0.2, 0) is 4.74 Å². The highest BCUT2D eigenvalue weighted by Gasteiger charge is 2.25. The lowest BCUT2D eigenvalue weighted by atomic mass is 10.2. The summed E-state index contributed by atoms with van der Waals surface area (Å²) >= 11 is 1.82. The molecular formula is C14H27N3O2S. The van der Waals surface area contributed by atoms with Gasteiger partial charge in [-0.1, -0.05) is 6.92 Å². The van der Waals surface area contributed by atoms with Crippen LogP contribution in [0.1, 0.15) is 34.1 Å². The van der Waals surface area contributed by atoms with E-state index in [1.807, 2.05) is 32.5 Å². The molecule has 1 aliphatic rings. The maximum absolute atomic E-state index is 12.1. The first-order valence-corrected chi connectivity index (χ1v) is 8.51. The van der Waals surface area contributed by atoms with E-state index in [0.29, 0.717) is 25.7 Å². The molecular weight excluding hydrogens is 274 g/mol. The molecule has 0 spiro atoms. The quantitative estimate of drug-likeness (QED) is 0.866. The zero-order chi connectivity index (χ0) is 15.2. The van der Waals surface area contributed by atoms with Gasteiger partial charge in [-0.05, 0) is 33.4 Å². The summed E-state index contributed by atoms with van der Waals surface area (Å²) in [4.78, 5) is 18.2. The van der Waals surface area contributed by atoms with E-state index in [1.54, 1.807) is 4.90 Å². The molecule has 0 fully saturated rings. The molecule has 6 heteroatoms. The van der Waals surface area contributed by atoms with Gasteiger partial charge in [-0.2, -0.15) is 11.8 Å². The lowest BCUT2D eigenvalue weighted by molar-refractivity contribution is 0.0276. The fourth-order valence-corrected chi connectivity index (χ4v) is 2.61. The number of nitrogens with zero attached hydrogens (tertiary/aromatic N) is 2. The SMILES string of the molecule is CCC(CSC)NC1=NCCN(C(=O)OC(C)(C)C)C1. The van der Waals surface area contributed by atoms with Crippen molar-refractivity contribution in [3.8, 4) is 0 Å². The summed E-state index contributed by atoms with van der Waals surface area (Å²) in [6.45, 7) is 9.58. The highest BCUT2D eigenvalue weighted by molar-refractivity contribution is 7.98. The van der Waals surface area contributed by atoms with Crippen molar-refractivity contribution in [3.63, 3.8) is 0 Å². The Morgan fingerprint density at radius 3 is 2.80 bits per heavy atom. The first-order chi connectivity index (χ1) is 9.35. The molecule has 5 nitrogen and oxygen atoms in total.